The number of hydrogen-bond acceptors (Lipinski definition) is 4. The van der Waals surface area contributed by atoms with E-state index in [1.54, 1.807) is 6.26 Å². The van der Waals surface area contributed by atoms with Crippen LogP contribution in [0.25, 0.3) is 0 Å². The van der Waals surface area contributed by atoms with Gasteiger partial charge in [0.25, 0.3) is 0 Å². The van der Waals surface area contributed by atoms with Crippen LogP contribution in [0.5, 0.6) is 11.5 Å². The Bertz CT molecular complexity index is 577. The Hall–Kier alpha value is -1.94. The third kappa shape index (κ3) is 3.39. The highest BCUT2D eigenvalue weighted by molar-refractivity contribution is 5.46. The van der Waals surface area contributed by atoms with E-state index < -0.39 is 0 Å². The van der Waals surface area contributed by atoms with Gasteiger partial charge in [-0.05, 0) is 37.6 Å². The van der Waals surface area contributed by atoms with Gasteiger partial charge in [0.15, 0.2) is 11.5 Å². The fourth-order valence-electron chi connectivity index (χ4n) is 2.36. The van der Waals surface area contributed by atoms with E-state index in [-0.39, 0.29) is 6.04 Å². The van der Waals surface area contributed by atoms with Crippen molar-refractivity contribution in [3.63, 3.8) is 0 Å². The summed E-state index contributed by atoms with van der Waals surface area (Å²) in [6.07, 6.45) is 2.51. The van der Waals surface area contributed by atoms with Crippen molar-refractivity contribution in [1.29, 1.82) is 0 Å². The average molecular weight is 289 g/mol. The van der Waals surface area contributed by atoms with E-state index >= 15 is 0 Å². The monoisotopic (exact) mass is 289 g/mol. The molecule has 0 aliphatic heterocycles. The van der Waals surface area contributed by atoms with Gasteiger partial charge in [-0.15, -0.1) is 0 Å². The molecular weight excluding hydrogens is 266 g/mol. The molecule has 1 aromatic carbocycles. The number of ether oxygens (including phenoxy) is 2. The zero-order chi connectivity index (χ0) is 15.2. The molecule has 1 atom stereocenters. The van der Waals surface area contributed by atoms with Crippen molar-refractivity contribution in [2.45, 2.75) is 33.2 Å². The number of aryl methyl sites for hydroxylation is 1. The Morgan fingerprint density at radius 2 is 1.76 bits per heavy atom. The van der Waals surface area contributed by atoms with Crippen molar-refractivity contribution >= 4 is 0 Å². The van der Waals surface area contributed by atoms with E-state index in [2.05, 4.69) is 6.92 Å². The van der Waals surface area contributed by atoms with E-state index in [0.29, 0.717) is 13.2 Å². The standard InChI is InChI=1S/C17H23NO3/c1-4-14-13(9-10-21-14)17(18)12-7-8-15(19-5-2)16(11-12)20-6-3/h7-11,17H,4-6,18H2,1-3H3. The second-order valence-electron chi connectivity index (χ2n) is 4.70. The first-order valence-corrected chi connectivity index (χ1v) is 7.42. The van der Waals surface area contributed by atoms with E-state index in [9.17, 15) is 0 Å². The molecule has 0 amide bonds. The summed E-state index contributed by atoms with van der Waals surface area (Å²) in [7, 11) is 0. The lowest BCUT2D eigenvalue weighted by molar-refractivity contribution is 0.287. The number of benzene rings is 1. The van der Waals surface area contributed by atoms with Crippen LogP contribution in [0.4, 0.5) is 0 Å². The Labute approximate surface area is 125 Å². The summed E-state index contributed by atoms with van der Waals surface area (Å²) in [5.74, 6) is 2.40. The first-order chi connectivity index (χ1) is 10.2. The zero-order valence-corrected chi connectivity index (χ0v) is 12.9. The Morgan fingerprint density at radius 3 is 2.43 bits per heavy atom. The highest BCUT2D eigenvalue weighted by Crippen LogP contribution is 2.33. The van der Waals surface area contributed by atoms with Gasteiger partial charge in [-0.3, -0.25) is 0 Å². The van der Waals surface area contributed by atoms with E-state index in [0.717, 1.165) is 34.8 Å². The van der Waals surface area contributed by atoms with Crippen LogP contribution in [0.2, 0.25) is 0 Å². The molecule has 1 heterocycles. The fraction of sp³-hybridized carbons (Fsp3) is 0.412. The van der Waals surface area contributed by atoms with Gasteiger partial charge in [0.05, 0.1) is 25.5 Å². The number of rotatable bonds is 7. The molecule has 1 aromatic heterocycles. The largest absolute Gasteiger partial charge is 0.490 e. The maximum Gasteiger partial charge on any atom is 0.161 e. The second-order valence-corrected chi connectivity index (χ2v) is 4.70. The molecule has 0 radical (unpaired) electrons. The summed E-state index contributed by atoms with van der Waals surface area (Å²) in [6, 6.07) is 7.54. The van der Waals surface area contributed by atoms with Crippen LogP contribution in [0.1, 0.15) is 43.7 Å². The van der Waals surface area contributed by atoms with Gasteiger partial charge in [0.1, 0.15) is 5.76 Å². The molecule has 0 aliphatic carbocycles. The summed E-state index contributed by atoms with van der Waals surface area (Å²) < 4.78 is 16.7. The highest BCUT2D eigenvalue weighted by atomic mass is 16.5. The molecule has 0 saturated heterocycles. The number of nitrogens with two attached hydrogens (primary N) is 1. The SMILES string of the molecule is CCOc1ccc(C(N)c2ccoc2CC)cc1OCC. The third-order valence-corrected chi connectivity index (χ3v) is 3.36. The van der Waals surface area contributed by atoms with Crippen molar-refractivity contribution in [3.05, 3.63) is 47.4 Å². The van der Waals surface area contributed by atoms with Crippen LogP contribution in [-0.4, -0.2) is 13.2 Å². The summed E-state index contributed by atoms with van der Waals surface area (Å²) in [5.41, 5.74) is 8.37. The molecule has 1 unspecified atom stereocenters. The van der Waals surface area contributed by atoms with Gasteiger partial charge in [-0.2, -0.15) is 0 Å². The predicted molar refractivity (Wildman–Crippen MR) is 82.9 cm³/mol. The molecule has 21 heavy (non-hydrogen) atoms. The van der Waals surface area contributed by atoms with Gasteiger partial charge in [-0.25, -0.2) is 0 Å². The molecule has 0 saturated carbocycles. The molecular formula is C17H23NO3. The summed E-state index contributed by atoms with van der Waals surface area (Å²) >= 11 is 0. The lowest BCUT2D eigenvalue weighted by Gasteiger charge is -2.16. The molecule has 4 heteroatoms. The lowest BCUT2D eigenvalue weighted by Crippen LogP contribution is -2.13. The molecule has 2 rings (SSSR count). The molecule has 114 valence electrons. The third-order valence-electron chi connectivity index (χ3n) is 3.36. The van der Waals surface area contributed by atoms with Crippen molar-refractivity contribution in [3.8, 4) is 11.5 Å². The van der Waals surface area contributed by atoms with Crippen molar-refractivity contribution < 1.29 is 13.9 Å². The quantitative estimate of drug-likeness (QED) is 0.844. The van der Waals surface area contributed by atoms with Crippen molar-refractivity contribution in [2.24, 2.45) is 5.73 Å². The molecule has 4 nitrogen and oxygen atoms in total. The van der Waals surface area contributed by atoms with Crippen LogP contribution >= 0.6 is 0 Å². The van der Waals surface area contributed by atoms with Crippen molar-refractivity contribution in [2.75, 3.05) is 13.2 Å². The number of hydrogen-bond donors (Lipinski definition) is 1. The predicted octanol–water partition coefficient (Wildman–Crippen LogP) is 3.69. The minimum Gasteiger partial charge on any atom is -0.490 e. The summed E-state index contributed by atoms with van der Waals surface area (Å²) in [6.45, 7) is 7.15. The van der Waals surface area contributed by atoms with Crippen LogP contribution in [0.15, 0.2) is 34.9 Å². The van der Waals surface area contributed by atoms with E-state index in [1.807, 2.05) is 38.1 Å². The van der Waals surface area contributed by atoms with Crippen LogP contribution in [-0.2, 0) is 6.42 Å². The molecule has 2 aromatic rings. The minimum atomic E-state index is -0.228. The van der Waals surface area contributed by atoms with Gasteiger partial charge in [0.2, 0.25) is 0 Å². The van der Waals surface area contributed by atoms with Gasteiger partial charge in [0, 0.05) is 12.0 Å². The Morgan fingerprint density at radius 1 is 1.05 bits per heavy atom. The maximum atomic E-state index is 6.37. The normalized spacial score (nSPS) is 12.2. The summed E-state index contributed by atoms with van der Waals surface area (Å²) in [4.78, 5) is 0. The van der Waals surface area contributed by atoms with Crippen molar-refractivity contribution in [1.82, 2.24) is 0 Å². The minimum absolute atomic E-state index is 0.228. The topological polar surface area (TPSA) is 57.6 Å². The Kier molecular flexibility index (Phi) is 5.28. The van der Waals surface area contributed by atoms with Gasteiger partial charge >= 0.3 is 0 Å². The van der Waals surface area contributed by atoms with E-state index in [4.69, 9.17) is 19.6 Å². The van der Waals surface area contributed by atoms with Crippen LogP contribution in [0.3, 0.4) is 0 Å². The van der Waals surface area contributed by atoms with Gasteiger partial charge < -0.3 is 19.6 Å². The molecule has 0 fully saturated rings. The maximum absolute atomic E-state index is 6.37. The first-order valence-electron chi connectivity index (χ1n) is 7.42. The zero-order valence-electron chi connectivity index (χ0n) is 12.9. The lowest BCUT2D eigenvalue weighted by atomic mass is 9.99. The van der Waals surface area contributed by atoms with Crippen LogP contribution in [0, 0.1) is 0 Å². The first kappa shape index (κ1) is 15.4. The molecule has 2 N–H and O–H groups in total. The Balaban J connectivity index is 2.33. The molecule has 0 bridgehead atoms. The molecule has 0 aliphatic rings. The van der Waals surface area contributed by atoms with Crippen LogP contribution < -0.4 is 15.2 Å². The average Bonchev–Trinajstić information content (AvgIpc) is 2.97. The van der Waals surface area contributed by atoms with E-state index in [1.165, 1.54) is 0 Å². The summed E-state index contributed by atoms with van der Waals surface area (Å²) in [5, 5.41) is 0. The fourth-order valence-corrected chi connectivity index (χ4v) is 2.36. The van der Waals surface area contributed by atoms with Gasteiger partial charge in [-0.1, -0.05) is 13.0 Å². The smallest absolute Gasteiger partial charge is 0.161 e. The number of furan rings is 1. The molecule has 0 spiro atoms. The highest BCUT2D eigenvalue weighted by Gasteiger charge is 2.17. The second kappa shape index (κ2) is 7.18.